The fourth-order valence-corrected chi connectivity index (χ4v) is 2.77. The van der Waals surface area contributed by atoms with E-state index >= 15 is 0 Å². The number of hydrogen-bond acceptors (Lipinski definition) is 5. The van der Waals surface area contributed by atoms with Crippen LogP contribution in [-0.4, -0.2) is 22.6 Å². The Morgan fingerprint density at radius 3 is 2.90 bits per heavy atom. The summed E-state index contributed by atoms with van der Waals surface area (Å²) in [6, 6.07) is 5.74. The van der Waals surface area contributed by atoms with Crippen molar-refractivity contribution in [1.82, 2.24) is 10.2 Å². The number of amides is 1. The van der Waals surface area contributed by atoms with Gasteiger partial charge < -0.3 is 10.6 Å². The van der Waals surface area contributed by atoms with E-state index < -0.39 is 0 Å². The van der Waals surface area contributed by atoms with Crippen molar-refractivity contribution in [2.24, 2.45) is 0 Å². The van der Waals surface area contributed by atoms with Crippen LogP contribution in [0.4, 0.5) is 10.8 Å². The van der Waals surface area contributed by atoms with Gasteiger partial charge in [-0.25, -0.2) is 0 Å². The summed E-state index contributed by atoms with van der Waals surface area (Å²) in [7, 11) is 0. The Kier molecular flexibility index (Phi) is 5.08. The Hall–Kier alpha value is -1.47. The zero-order valence-electron chi connectivity index (χ0n) is 11.2. The normalized spacial score (nSPS) is 10.3. The molecule has 1 heterocycles. The Morgan fingerprint density at radius 1 is 1.40 bits per heavy atom. The molecule has 0 saturated heterocycles. The molecule has 106 valence electrons. The zero-order chi connectivity index (χ0) is 14.5. The van der Waals surface area contributed by atoms with E-state index in [1.165, 1.54) is 11.3 Å². The van der Waals surface area contributed by atoms with Crippen LogP contribution in [0, 0.1) is 6.92 Å². The molecule has 0 atom stereocenters. The van der Waals surface area contributed by atoms with Crippen molar-refractivity contribution in [3.05, 3.63) is 33.2 Å². The number of halogens is 1. The number of aromatic nitrogens is 2. The molecule has 20 heavy (non-hydrogen) atoms. The fraction of sp³-hybridized carbons (Fsp3) is 0.308. The molecule has 1 aromatic heterocycles. The highest BCUT2D eigenvalue weighted by Gasteiger charge is 2.14. The lowest BCUT2D eigenvalue weighted by Gasteiger charge is -2.06. The molecule has 0 saturated carbocycles. The average molecular weight is 355 g/mol. The summed E-state index contributed by atoms with van der Waals surface area (Å²) < 4.78 is 0.847. The highest BCUT2D eigenvalue weighted by molar-refractivity contribution is 9.10. The van der Waals surface area contributed by atoms with Crippen LogP contribution >= 0.6 is 27.3 Å². The van der Waals surface area contributed by atoms with Crippen LogP contribution in [0.1, 0.15) is 28.7 Å². The van der Waals surface area contributed by atoms with Crippen LogP contribution in [-0.2, 0) is 0 Å². The first-order valence-corrected chi connectivity index (χ1v) is 7.86. The summed E-state index contributed by atoms with van der Waals surface area (Å²) in [4.78, 5) is 12.1. The monoisotopic (exact) mass is 354 g/mol. The second kappa shape index (κ2) is 6.81. The number of aryl methyl sites for hydroxylation is 1. The molecular weight excluding hydrogens is 340 g/mol. The number of nitrogens with one attached hydrogen (secondary N) is 2. The summed E-state index contributed by atoms with van der Waals surface area (Å²) in [5.74, 6) is -0.253. The van der Waals surface area contributed by atoms with Crippen LogP contribution in [0.5, 0.6) is 0 Å². The van der Waals surface area contributed by atoms with E-state index in [0.29, 0.717) is 10.1 Å². The van der Waals surface area contributed by atoms with Gasteiger partial charge in [-0.15, -0.1) is 10.2 Å². The van der Waals surface area contributed by atoms with Gasteiger partial charge in [-0.3, -0.25) is 4.79 Å². The Bertz CT molecular complexity index is 614. The van der Waals surface area contributed by atoms with E-state index in [-0.39, 0.29) is 5.91 Å². The molecule has 2 N–H and O–H groups in total. The maximum Gasteiger partial charge on any atom is 0.286 e. The lowest BCUT2D eigenvalue weighted by molar-refractivity contribution is 0.102. The van der Waals surface area contributed by atoms with Gasteiger partial charge >= 0.3 is 0 Å². The number of anilines is 2. The quantitative estimate of drug-likeness (QED) is 0.859. The van der Waals surface area contributed by atoms with Crippen molar-refractivity contribution in [1.29, 1.82) is 0 Å². The number of hydrogen-bond donors (Lipinski definition) is 2. The Balaban J connectivity index is 2.06. The van der Waals surface area contributed by atoms with E-state index in [2.05, 4.69) is 43.7 Å². The van der Waals surface area contributed by atoms with Gasteiger partial charge in [0.05, 0.1) is 5.69 Å². The van der Waals surface area contributed by atoms with Gasteiger partial charge in [-0.2, -0.15) is 0 Å². The molecule has 2 aromatic rings. The van der Waals surface area contributed by atoms with Gasteiger partial charge in [0.15, 0.2) is 0 Å². The molecule has 0 fully saturated rings. The Labute approximate surface area is 129 Å². The van der Waals surface area contributed by atoms with Crippen LogP contribution in [0.15, 0.2) is 22.7 Å². The predicted octanol–water partition coefficient (Wildman–Crippen LogP) is 3.68. The topological polar surface area (TPSA) is 66.9 Å². The first kappa shape index (κ1) is 14.9. The molecule has 0 unspecified atom stereocenters. The third-order valence-electron chi connectivity index (χ3n) is 2.52. The molecule has 0 bridgehead atoms. The van der Waals surface area contributed by atoms with Crippen LogP contribution in [0.25, 0.3) is 0 Å². The van der Waals surface area contributed by atoms with Gasteiger partial charge in [0.1, 0.15) is 0 Å². The molecular formula is C13H15BrN4OS. The first-order chi connectivity index (χ1) is 9.60. The van der Waals surface area contributed by atoms with Crippen molar-refractivity contribution in [2.75, 3.05) is 17.2 Å². The largest absolute Gasteiger partial charge is 0.360 e. The van der Waals surface area contributed by atoms with Gasteiger partial charge in [-0.1, -0.05) is 24.3 Å². The molecule has 2 rings (SSSR count). The van der Waals surface area contributed by atoms with Crippen molar-refractivity contribution in [2.45, 2.75) is 20.3 Å². The highest BCUT2D eigenvalue weighted by Crippen LogP contribution is 2.24. The molecule has 0 aliphatic heterocycles. The first-order valence-electron chi connectivity index (χ1n) is 6.25. The maximum absolute atomic E-state index is 12.1. The SMILES string of the molecule is CCCNc1nnc(C(=O)Nc2ccc(C)cc2Br)s1. The summed E-state index contributed by atoms with van der Waals surface area (Å²) in [5.41, 5.74) is 1.84. The summed E-state index contributed by atoms with van der Waals surface area (Å²) in [6.45, 7) is 4.88. The van der Waals surface area contributed by atoms with Crippen molar-refractivity contribution in [3.63, 3.8) is 0 Å². The highest BCUT2D eigenvalue weighted by atomic mass is 79.9. The van der Waals surface area contributed by atoms with Crippen molar-refractivity contribution in [3.8, 4) is 0 Å². The zero-order valence-corrected chi connectivity index (χ0v) is 13.6. The number of benzene rings is 1. The predicted molar refractivity (Wildman–Crippen MR) is 85.5 cm³/mol. The minimum absolute atomic E-state index is 0.253. The number of carbonyl (C=O) groups excluding carboxylic acids is 1. The number of nitrogens with zero attached hydrogens (tertiary/aromatic N) is 2. The third kappa shape index (κ3) is 3.77. The van der Waals surface area contributed by atoms with Gasteiger partial charge in [0.2, 0.25) is 10.1 Å². The van der Waals surface area contributed by atoms with Crippen molar-refractivity contribution < 1.29 is 4.79 Å². The molecule has 1 amide bonds. The Morgan fingerprint density at radius 2 is 2.20 bits per heavy atom. The van der Waals surface area contributed by atoms with Crippen LogP contribution < -0.4 is 10.6 Å². The summed E-state index contributed by atoms with van der Waals surface area (Å²) in [5, 5.41) is 14.8. The minimum Gasteiger partial charge on any atom is -0.360 e. The lowest BCUT2D eigenvalue weighted by Crippen LogP contribution is -2.12. The van der Waals surface area contributed by atoms with Gasteiger partial charge in [-0.05, 0) is 47.0 Å². The van der Waals surface area contributed by atoms with E-state index in [9.17, 15) is 4.79 Å². The maximum atomic E-state index is 12.1. The number of carbonyl (C=O) groups is 1. The minimum atomic E-state index is -0.253. The standard InChI is InChI=1S/C13H15BrN4OS/c1-3-6-15-13-18-17-12(20-13)11(19)16-10-5-4-8(2)7-9(10)14/h4-5,7H,3,6H2,1-2H3,(H,15,18)(H,16,19). The fourth-order valence-electron chi connectivity index (χ4n) is 1.52. The van der Waals surface area contributed by atoms with Crippen LogP contribution in [0.3, 0.4) is 0 Å². The third-order valence-corrected chi connectivity index (χ3v) is 4.05. The smallest absolute Gasteiger partial charge is 0.286 e. The molecule has 0 spiro atoms. The van der Waals surface area contributed by atoms with E-state index in [1.807, 2.05) is 25.1 Å². The molecule has 0 aliphatic carbocycles. The van der Waals surface area contributed by atoms with Crippen molar-refractivity contribution >= 4 is 44.0 Å². The van der Waals surface area contributed by atoms with E-state index in [4.69, 9.17) is 0 Å². The second-order valence-electron chi connectivity index (χ2n) is 4.28. The summed E-state index contributed by atoms with van der Waals surface area (Å²) in [6.07, 6.45) is 0.997. The lowest BCUT2D eigenvalue weighted by atomic mass is 10.2. The average Bonchev–Trinajstić information content (AvgIpc) is 2.88. The van der Waals surface area contributed by atoms with Gasteiger partial charge in [0.25, 0.3) is 5.91 Å². The van der Waals surface area contributed by atoms with E-state index in [0.717, 1.165) is 28.7 Å². The molecule has 0 radical (unpaired) electrons. The molecule has 0 aliphatic rings. The van der Waals surface area contributed by atoms with E-state index in [1.54, 1.807) is 0 Å². The molecule has 1 aromatic carbocycles. The number of rotatable bonds is 5. The van der Waals surface area contributed by atoms with Gasteiger partial charge in [0, 0.05) is 11.0 Å². The second-order valence-corrected chi connectivity index (χ2v) is 6.11. The summed E-state index contributed by atoms with van der Waals surface area (Å²) >= 11 is 4.68. The molecule has 7 heteroatoms. The van der Waals surface area contributed by atoms with Crippen LogP contribution in [0.2, 0.25) is 0 Å². The molecule has 5 nitrogen and oxygen atoms in total.